The minimum absolute atomic E-state index is 0.159. The van der Waals surface area contributed by atoms with Crippen molar-refractivity contribution in [1.82, 2.24) is 4.98 Å². The standard InChI is InChI=1S/C25H27NO4S2/c1-18-8-10-21(11-9-18)32(27,28)30-17-24-12-14-25(15-13-24,29-16-24)23-22(26-19(2)31-23)20-6-4-3-5-7-20/h3-11H,12-17H2,1-2H3. The summed E-state index contributed by atoms with van der Waals surface area (Å²) in [6.45, 7) is 4.63. The largest absolute Gasteiger partial charge is 0.369 e. The van der Waals surface area contributed by atoms with E-state index in [2.05, 4.69) is 12.1 Å². The first-order chi connectivity index (χ1) is 15.3. The lowest BCUT2D eigenvalue weighted by molar-refractivity contribution is -0.195. The summed E-state index contributed by atoms with van der Waals surface area (Å²) in [5, 5.41) is 1.03. The van der Waals surface area contributed by atoms with Crippen molar-refractivity contribution in [2.45, 2.75) is 50.0 Å². The number of ether oxygens (including phenoxy) is 1. The summed E-state index contributed by atoms with van der Waals surface area (Å²) in [6.07, 6.45) is 3.45. The molecule has 3 aliphatic rings. The van der Waals surface area contributed by atoms with E-state index in [0.29, 0.717) is 6.61 Å². The van der Waals surface area contributed by atoms with Gasteiger partial charge in [-0.25, -0.2) is 4.98 Å². The number of benzene rings is 2. The van der Waals surface area contributed by atoms with Gasteiger partial charge in [0, 0.05) is 11.0 Å². The van der Waals surface area contributed by atoms with Gasteiger partial charge in [0.15, 0.2) is 0 Å². The monoisotopic (exact) mass is 469 g/mol. The van der Waals surface area contributed by atoms with Crippen LogP contribution < -0.4 is 0 Å². The van der Waals surface area contributed by atoms with Crippen molar-refractivity contribution in [2.24, 2.45) is 5.41 Å². The molecule has 0 radical (unpaired) electrons. The fraction of sp³-hybridized carbons (Fsp3) is 0.400. The third-order valence-electron chi connectivity index (χ3n) is 6.80. The van der Waals surface area contributed by atoms with Crippen molar-refractivity contribution < 1.29 is 17.3 Å². The van der Waals surface area contributed by atoms with E-state index < -0.39 is 10.1 Å². The summed E-state index contributed by atoms with van der Waals surface area (Å²) >= 11 is 1.72. The zero-order chi connectivity index (χ0) is 22.4. The maximum Gasteiger partial charge on any atom is 0.296 e. The van der Waals surface area contributed by atoms with E-state index >= 15 is 0 Å². The van der Waals surface area contributed by atoms with Gasteiger partial charge in [-0.05, 0) is 51.7 Å². The second kappa shape index (κ2) is 8.06. The first-order valence-electron chi connectivity index (χ1n) is 10.9. The molecule has 3 aromatic rings. The van der Waals surface area contributed by atoms with Crippen molar-refractivity contribution in [1.29, 1.82) is 0 Å². The van der Waals surface area contributed by atoms with Gasteiger partial charge in [0.25, 0.3) is 10.1 Å². The fourth-order valence-corrected chi connectivity index (χ4v) is 6.90. The first-order valence-corrected chi connectivity index (χ1v) is 13.2. The molecule has 1 aromatic heterocycles. The molecule has 168 valence electrons. The Morgan fingerprint density at radius 1 is 1.00 bits per heavy atom. The smallest absolute Gasteiger partial charge is 0.296 e. The highest BCUT2D eigenvalue weighted by Crippen LogP contribution is 2.56. The summed E-state index contributed by atoms with van der Waals surface area (Å²) in [5.74, 6) is 0. The number of hydrogen-bond donors (Lipinski definition) is 0. The Kier molecular flexibility index (Phi) is 5.48. The van der Waals surface area contributed by atoms with Gasteiger partial charge in [-0.1, -0.05) is 48.0 Å². The molecule has 6 rings (SSSR count). The van der Waals surface area contributed by atoms with Gasteiger partial charge in [-0.3, -0.25) is 4.18 Å². The van der Waals surface area contributed by atoms with Crippen molar-refractivity contribution >= 4 is 21.5 Å². The molecule has 1 aliphatic carbocycles. The molecule has 0 amide bonds. The summed E-state index contributed by atoms with van der Waals surface area (Å²) in [5.41, 5.74) is 2.54. The molecule has 2 aliphatic heterocycles. The van der Waals surface area contributed by atoms with Gasteiger partial charge >= 0.3 is 0 Å². The van der Waals surface area contributed by atoms with Gasteiger partial charge in [0.05, 0.1) is 33.7 Å². The fourth-order valence-electron chi connectivity index (χ4n) is 4.75. The molecule has 2 bridgehead atoms. The molecular formula is C25H27NO4S2. The predicted octanol–water partition coefficient (Wildman–Crippen LogP) is 5.62. The lowest BCUT2D eigenvalue weighted by Gasteiger charge is -2.52. The molecule has 2 aromatic carbocycles. The molecule has 7 heteroatoms. The third-order valence-corrected chi connectivity index (χ3v) is 9.23. The summed E-state index contributed by atoms with van der Waals surface area (Å²) in [6, 6.07) is 17.0. The van der Waals surface area contributed by atoms with Crippen LogP contribution in [0.1, 0.15) is 41.1 Å². The lowest BCUT2D eigenvalue weighted by atomic mass is 9.66. The number of thiazole rings is 1. The van der Waals surface area contributed by atoms with Crippen molar-refractivity contribution in [3.8, 4) is 11.3 Å². The molecule has 0 N–H and O–H groups in total. The summed E-state index contributed by atoms with van der Waals surface area (Å²) in [7, 11) is -3.78. The van der Waals surface area contributed by atoms with Gasteiger partial charge < -0.3 is 4.74 Å². The molecule has 2 saturated heterocycles. The van der Waals surface area contributed by atoms with Crippen LogP contribution in [0.3, 0.4) is 0 Å². The highest BCUT2D eigenvalue weighted by molar-refractivity contribution is 7.86. The Morgan fingerprint density at radius 3 is 2.31 bits per heavy atom. The molecule has 0 spiro atoms. The third kappa shape index (κ3) is 3.92. The average molecular weight is 470 g/mol. The predicted molar refractivity (Wildman–Crippen MR) is 125 cm³/mol. The number of hydrogen-bond acceptors (Lipinski definition) is 6. The van der Waals surface area contributed by atoms with E-state index in [9.17, 15) is 8.42 Å². The highest BCUT2D eigenvalue weighted by atomic mass is 32.2. The highest BCUT2D eigenvalue weighted by Gasteiger charge is 2.53. The van der Waals surface area contributed by atoms with E-state index in [4.69, 9.17) is 13.9 Å². The van der Waals surface area contributed by atoms with Crippen molar-refractivity contribution in [2.75, 3.05) is 13.2 Å². The van der Waals surface area contributed by atoms with Crippen molar-refractivity contribution in [3.63, 3.8) is 0 Å². The van der Waals surface area contributed by atoms with Crippen LogP contribution >= 0.6 is 11.3 Å². The number of aromatic nitrogens is 1. The van der Waals surface area contributed by atoms with E-state index in [0.717, 1.165) is 47.5 Å². The molecular weight excluding hydrogens is 442 g/mol. The maximum atomic E-state index is 12.7. The van der Waals surface area contributed by atoms with Gasteiger partial charge in [0.1, 0.15) is 5.60 Å². The minimum Gasteiger partial charge on any atom is -0.369 e. The summed E-state index contributed by atoms with van der Waals surface area (Å²) in [4.78, 5) is 6.23. The zero-order valence-electron chi connectivity index (χ0n) is 18.3. The van der Waals surface area contributed by atoms with Crippen LogP contribution in [0.25, 0.3) is 11.3 Å². The van der Waals surface area contributed by atoms with Crippen molar-refractivity contribution in [3.05, 3.63) is 70.0 Å². The average Bonchev–Trinajstić information content (AvgIpc) is 3.23. The van der Waals surface area contributed by atoms with Crippen LogP contribution in [-0.4, -0.2) is 26.6 Å². The maximum absolute atomic E-state index is 12.7. The van der Waals surface area contributed by atoms with Crippen LogP contribution in [0.4, 0.5) is 0 Å². The second-order valence-electron chi connectivity index (χ2n) is 9.09. The second-order valence-corrected chi connectivity index (χ2v) is 11.9. The number of rotatable bonds is 6. The molecule has 1 saturated carbocycles. The van der Waals surface area contributed by atoms with Crippen LogP contribution in [-0.2, 0) is 24.6 Å². The molecule has 5 nitrogen and oxygen atoms in total. The number of aryl methyl sites for hydroxylation is 2. The Bertz CT molecular complexity index is 1190. The Labute approximate surface area is 193 Å². The molecule has 32 heavy (non-hydrogen) atoms. The molecule has 0 atom stereocenters. The van der Waals surface area contributed by atoms with E-state index in [1.54, 1.807) is 35.6 Å². The zero-order valence-corrected chi connectivity index (χ0v) is 20.0. The molecule has 0 unspecified atom stereocenters. The van der Waals surface area contributed by atoms with Crippen LogP contribution in [0, 0.1) is 19.3 Å². The van der Waals surface area contributed by atoms with E-state index in [1.165, 1.54) is 4.88 Å². The minimum atomic E-state index is -3.78. The van der Waals surface area contributed by atoms with Gasteiger partial charge in [-0.15, -0.1) is 11.3 Å². The first kappa shape index (κ1) is 21.8. The Morgan fingerprint density at radius 2 is 1.69 bits per heavy atom. The topological polar surface area (TPSA) is 65.5 Å². The molecule has 3 heterocycles. The molecule has 3 fully saturated rings. The van der Waals surface area contributed by atoms with E-state index in [-0.39, 0.29) is 22.5 Å². The van der Waals surface area contributed by atoms with Crippen LogP contribution in [0.5, 0.6) is 0 Å². The van der Waals surface area contributed by atoms with Gasteiger partial charge in [0.2, 0.25) is 0 Å². The number of nitrogens with zero attached hydrogens (tertiary/aromatic N) is 1. The number of fused-ring (bicyclic) bond motifs is 3. The Balaban J connectivity index is 1.33. The van der Waals surface area contributed by atoms with Crippen LogP contribution in [0.15, 0.2) is 59.5 Å². The lowest BCUT2D eigenvalue weighted by Crippen LogP contribution is -2.51. The quantitative estimate of drug-likeness (QED) is 0.439. The SMILES string of the molecule is Cc1ccc(S(=O)(=O)OCC23CCC(c4sc(C)nc4-c4ccccc4)(CC2)OC3)cc1. The Hall–Kier alpha value is -2.06. The summed E-state index contributed by atoms with van der Waals surface area (Å²) < 4.78 is 37.4. The van der Waals surface area contributed by atoms with E-state index in [1.807, 2.05) is 32.0 Å². The normalized spacial score (nSPS) is 25.2. The van der Waals surface area contributed by atoms with Gasteiger partial charge in [-0.2, -0.15) is 8.42 Å². The van der Waals surface area contributed by atoms with Crippen LogP contribution in [0.2, 0.25) is 0 Å².